The first kappa shape index (κ1) is 17.2. The molecular formula is C15H16N4O5S. The maximum absolute atomic E-state index is 12.3. The number of hydrogen-bond donors (Lipinski definition) is 1. The summed E-state index contributed by atoms with van der Waals surface area (Å²) in [5.74, 6) is 0. The van der Waals surface area contributed by atoms with E-state index in [1.165, 1.54) is 28.9 Å². The van der Waals surface area contributed by atoms with Crippen molar-refractivity contribution in [3.63, 3.8) is 0 Å². The van der Waals surface area contributed by atoms with Crippen LogP contribution in [0.3, 0.4) is 0 Å². The lowest BCUT2D eigenvalue weighted by Crippen LogP contribution is -2.32. The molecule has 0 bridgehead atoms. The fraction of sp³-hybridized carbons (Fsp3) is 0.333. The van der Waals surface area contributed by atoms with E-state index in [4.69, 9.17) is 0 Å². The molecule has 0 aliphatic heterocycles. The van der Waals surface area contributed by atoms with E-state index in [1.54, 1.807) is 0 Å². The Morgan fingerprint density at radius 1 is 1.28 bits per heavy atom. The third-order valence-corrected chi connectivity index (χ3v) is 5.50. The van der Waals surface area contributed by atoms with Crippen LogP contribution >= 0.6 is 0 Å². The number of benzene rings is 1. The topological polar surface area (TPSA) is 124 Å². The molecule has 1 aliphatic carbocycles. The highest BCUT2D eigenvalue weighted by atomic mass is 32.2. The molecular weight excluding hydrogens is 348 g/mol. The van der Waals surface area contributed by atoms with Gasteiger partial charge in [0.2, 0.25) is 10.0 Å². The van der Waals surface area contributed by atoms with E-state index in [-0.39, 0.29) is 18.6 Å². The van der Waals surface area contributed by atoms with E-state index in [0.29, 0.717) is 0 Å². The maximum atomic E-state index is 12.3. The zero-order valence-corrected chi connectivity index (χ0v) is 14.0. The van der Waals surface area contributed by atoms with Crippen molar-refractivity contribution in [2.75, 3.05) is 6.54 Å². The van der Waals surface area contributed by atoms with Gasteiger partial charge in [0, 0.05) is 18.7 Å². The van der Waals surface area contributed by atoms with Crippen molar-refractivity contribution in [3.8, 4) is 0 Å². The number of nitrogens with one attached hydrogen (secondary N) is 1. The van der Waals surface area contributed by atoms with Crippen LogP contribution < -0.4 is 10.3 Å². The van der Waals surface area contributed by atoms with Gasteiger partial charge in [-0.1, -0.05) is 12.1 Å². The number of nitro groups is 1. The number of nitro benzene ring substituents is 1. The van der Waals surface area contributed by atoms with E-state index >= 15 is 0 Å². The molecule has 3 rings (SSSR count). The predicted molar refractivity (Wildman–Crippen MR) is 88.8 cm³/mol. The van der Waals surface area contributed by atoms with Crippen molar-refractivity contribution in [1.29, 1.82) is 0 Å². The van der Waals surface area contributed by atoms with Crippen molar-refractivity contribution < 1.29 is 13.3 Å². The second-order valence-corrected chi connectivity index (χ2v) is 7.39. The van der Waals surface area contributed by atoms with Gasteiger partial charge in [-0.2, -0.15) is 5.10 Å². The molecule has 9 nitrogen and oxygen atoms in total. The average molecular weight is 364 g/mol. The molecule has 1 aliphatic rings. The highest BCUT2D eigenvalue weighted by molar-refractivity contribution is 7.89. The summed E-state index contributed by atoms with van der Waals surface area (Å²) in [4.78, 5) is 21.8. The second-order valence-electron chi connectivity index (χ2n) is 5.65. The fourth-order valence-corrected chi connectivity index (χ4v) is 3.99. The van der Waals surface area contributed by atoms with Crippen LogP contribution in [0.25, 0.3) is 0 Å². The standard InChI is InChI=1S/C15H16N4O5S/c20-15-10-11-4-3-5-12(11)17-18(15)9-8-16-25(23,24)14-7-2-1-6-13(14)19(21)22/h1-2,6-7,10,16H,3-5,8-9H2. The Labute approximate surface area is 143 Å². The molecule has 25 heavy (non-hydrogen) atoms. The number of rotatable bonds is 6. The lowest BCUT2D eigenvalue weighted by Gasteiger charge is -2.09. The molecule has 0 saturated carbocycles. The van der Waals surface area contributed by atoms with E-state index in [2.05, 4.69) is 9.82 Å². The van der Waals surface area contributed by atoms with Crippen LogP contribution in [0.1, 0.15) is 17.7 Å². The molecule has 132 valence electrons. The van der Waals surface area contributed by atoms with Crippen LogP contribution in [0.15, 0.2) is 40.0 Å². The number of aryl methyl sites for hydroxylation is 2. The van der Waals surface area contributed by atoms with Gasteiger partial charge in [-0.25, -0.2) is 17.8 Å². The number of sulfonamides is 1. The second kappa shape index (κ2) is 6.73. The Morgan fingerprint density at radius 2 is 2.04 bits per heavy atom. The van der Waals surface area contributed by atoms with Gasteiger partial charge < -0.3 is 0 Å². The molecule has 0 radical (unpaired) electrons. The van der Waals surface area contributed by atoms with Gasteiger partial charge >= 0.3 is 0 Å². The van der Waals surface area contributed by atoms with Gasteiger partial charge in [-0.05, 0) is 30.9 Å². The smallest absolute Gasteiger partial charge is 0.268 e. The van der Waals surface area contributed by atoms with Gasteiger partial charge in [0.1, 0.15) is 0 Å². The summed E-state index contributed by atoms with van der Waals surface area (Å²) in [6.07, 6.45) is 2.59. The summed E-state index contributed by atoms with van der Waals surface area (Å²) in [5, 5.41) is 15.2. The average Bonchev–Trinajstić information content (AvgIpc) is 3.02. The minimum atomic E-state index is -4.07. The van der Waals surface area contributed by atoms with Crippen LogP contribution in [0.5, 0.6) is 0 Å². The van der Waals surface area contributed by atoms with Crippen molar-refractivity contribution in [1.82, 2.24) is 14.5 Å². The van der Waals surface area contributed by atoms with E-state index in [9.17, 15) is 23.3 Å². The molecule has 0 spiro atoms. The quantitative estimate of drug-likeness (QED) is 0.592. The van der Waals surface area contributed by atoms with E-state index in [0.717, 1.165) is 36.6 Å². The summed E-state index contributed by atoms with van der Waals surface area (Å²) in [7, 11) is -4.07. The maximum Gasteiger partial charge on any atom is 0.289 e. The first-order valence-electron chi connectivity index (χ1n) is 7.71. The lowest BCUT2D eigenvalue weighted by atomic mass is 10.2. The van der Waals surface area contributed by atoms with Crippen molar-refractivity contribution >= 4 is 15.7 Å². The zero-order valence-electron chi connectivity index (χ0n) is 13.2. The van der Waals surface area contributed by atoms with Gasteiger partial charge in [0.15, 0.2) is 4.90 Å². The molecule has 1 N–H and O–H groups in total. The number of hydrogen-bond acceptors (Lipinski definition) is 6. The van der Waals surface area contributed by atoms with Crippen LogP contribution in [0.2, 0.25) is 0 Å². The van der Waals surface area contributed by atoms with Gasteiger partial charge in [0.05, 0.1) is 17.2 Å². The molecule has 0 unspecified atom stereocenters. The summed E-state index contributed by atoms with van der Waals surface area (Å²) in [6.45, 7) is -0.0496. The van der Waals surface area contributed by atoms with Crippen LogP contribution in [-0.2, 0) is 29.4 Å². The van der Waals surface area contributed by atoms with E-state index < -0.39 is 25.5 Å². The molecule has 0 fully saturated rings. The van der Waals surface area contributed by atoms with Gasteiger partial charge in [-0.15, -0.1) is 0 Å². The lowest BCUT2D eigenvalue weighted by molar-refractivity contribution is -0.387. The first-order valence-corrected chi connectivity index (χ1v) is 9.20. The Morgan fingerprint density at radius 3 is 2.80 bits per heavy atom. The molecule has 0 saturated heterocycles. The Bertz CT molecular complexity index is 984. The molecule has 1 aromatic heterocycles. The monoisotopic (exact) mass is 364 g/mol. The Hall–Kier alpha value is -2.59. The predicted octanol–water partition coefficient (Wildman–Crippen LogP) is 0.619. The Balaban J connectivity index is 1.74. The van der Waals surface area contributed by atoms with Crippen LogP contribution in [-0.4, -0.2) is 29.7 Å². The number of fused-ring (bicyclic) bond motifs is 1. The highest BCUT2D eigenvalue weighted by Gasteiger charge is 2.24. The fourth-order valence-electron chi connectivity index (χ4n) is 2.80. The number of nitrogens with zero attached hydrogens (tertiary/aromatic N) is 3. The summed E-state index contributed by atoms with van der Waals surface area (Å²) >= 11 is 0. The Kier molecular flexibility index (Phi) is 4.64. The number of aromatic nitrogens is 2. The van der Waals surface area contributed by atoms with Gasteiger partial charge in [-0.3, -0.25) is 14.9 Å². The third kappa shape index (κ3) is 3.59. The molecule has 1 heterocycles. The molecule has 1 aromatic carbocycles. The summed E-state index contributed by atoms with van der Waals surface area (Å²) < 4.78 is 28.1. The minimum absolute atomic E-state index is 0.0476. The summed E-state index contributed by atoms with van der Waals surface area (Å²) in [6, 6.07) is 6.63. The molecule has 2 aromatic rings. The van der Waals surface area contributed by atoms with Gasteiger partial charge in [0.25, 0.3) is 11.2 Å². The third-order valence-electron chi connectivity index (χ3n) is 3.99. The number of para-hydroxylation sites is 1. The van der Waals surface area contributed by atoms with Crippen LogP contribution in [0.4, 0.5) is 5.69 Å². The highest BCUT2D eigenvalue weighted by Crippen LogP contribution is 2.22. The largest absolute Gasteiger partial charge is 0.289 e. The van der Waals surface area contributed by atoms with Crippen molar-refractivity contribution in [3.05, 3.63) is 62.1 Å². The van der Waals surface area contributed by atoms with Crippen molar-refractivity contribution in [2.45, 2.75) is 30.7 Å². The first-order chi connectivity index (χ1) is 11.9. The molecule has 0 amide bonds. The van der Waals surface area contributed by atoms with Crippen molar-refractivity contribution in [2.24, 2.45) is 0 Å². The SMILES string of the molecule is O=c1cc2c(nn1CCNS(=O)(=O)c1ccccc1[N+](=O)[O-])CCC2. The minimum Gasteiger partial charge on any atom is -0.268 e. The zero-order chi connectivity index (χ0) is 18.0. The summed E-state index contributed by atoms with van der Waals surface area (Å²) in [5.41, 5.74) is 1.02. The molecule has 0 atom stereocenters. The molecule has 10 heteroatoms. The van der Waals surface area contributed by atoms with E-state index in [1.807, 2.05) is 0 Å². The normalized spacial score (nSPS) is 13.6. The van der Waals surface area contributed by atoms with Crippen LogP contribution in [0, 0.1) is 10.1 Å².